The van der Waals surface area contributed by atoms with Crippen LogP contribution < -0.4 is 15.0 Å². The van der Waals surface area contributed by atoms with Crippen molar-refractivity contribution >= 4 is 10.8 Å². The Balaban J connectivity index is 1.44. The monoisotopic (exact) mass is 422 g/mol. The van der Waals surface area contributed by atoms with E-state index in [0.717, 1.165) is 55.0 Å². The lowest BCUT2D eigenvalue weighted by molar-refractivity contribution is 0.0680. The van der Waals surface area contributed by atoms with E-state index in [9.17, 15) is 4.79 Å². The molecule has 2 heterocycles. The number of pyridine rings is 1. The molecule has 0 saturated carbocycles. The lowest BCUT2D eigenvalue weighted by Crippen LogP contribution is -2.18. The molecule has 1 aliphatic heterocycles. The minimum Gasteiger partial charge on any atom is -0.494 e. The summed E-state index contributed by atoms with van der Waals surface area (Å²) in [5.41, 5.74) is 0.758. The maximum atomic E-state index is 13.0. The third kappa shape index (κ3) is 5.46. The van der Waals surface area contributed by atoms with E-state index in [0.29, 0.717) is 18.6 Å². The molecule has 0 N–H and O–H groups in total. The minimum absolute atomic E-state index is 0.0529. The SMILES string of the molecule is CN(C)CCCOc1ccc(-n2ccc3cc(OC[C@@H]4CCCO4)ccc3c2=O)cc1. The molecule has 0 spiro atoms. The van der Waals surface area contributed by atoms with Crippen molar-refractivity contribution in [2.75, 3.05) is 40.5 Å². The highest BCUT2D eigenvalue weighted by atomic mass is 16.5. The fourth-order valence-electron chi connectivity index (χ4n) is 3.76. The van der Waals surface area contributed by atoms with E-state index in [4.69, 9.17) is 14.2 Å². The van der Waals surface area contributed by atoms with Gasteiger partial charge in [0.05, 0.1) is 12.7 Å². The zero-order valence-corrected chi connectivity index (χ0v) is 18.3. The summed E-state index contributed by atoms with van der Waals surface area (Å²) in [5.74, 6) is 1.57. The molecule has 164 valence electrons. The van der Waals surface area contributed by atoms with E-state index in [-0.39, 0.29) is 11.7 Å². The third-order valence-electron chi connectivity index (χ3n) is 5.47. The fourth-order valence-corrected chi connectivity index (χ4v) is 3.76. The average Bonchev–Trinajstić information content (AvgIpc) is 3.30. The molecule has 1 atom stereocenters. The molecule has 0 unspecified atom stereocenters. The lowest BCUT2D eigenvalue weighted by Gasteiger charge is -2.13. The van der Waals surface area contributed by atoms with Gasteiger partial charge in [0.2, 0.25) is 0 Å². The molecule has 1 aliphatic rings. The summed E-state index contributed by atoms with van der Waals surface area (Å²) in [7, 11) is 4.10. The summed E-state index contributed by atoms with van der Waals surface area (Å²) in [4.78, 5) is 15.2. The first-order chi connectivity index (χ1) is 15.1. The van der Waals surface area contributed by atoms with Crippen LogP contribution in [-0.4, -0.2) is 56.0 Å². The summed E-state index contributed by atoms with van der Waals surface area (Å²) < 4.78 is 18.9. The molecule has 0 aliphatic carbocycles. The molecular formula is C25H30N2O4. The van der Waals surface area contributed by atoms with Crippen molar-refractivity contribution in [3.05, 3.63) is 65.1 Å². The number of aromatic nitrogens is 1. The number of fused-ring (bicyclic) bond motifs is 1. The van der Waals surface area contributed by atoms with Gasteiger partial charge in [-0.15, -0.1) is 0 Å². The third-order valence-corrected chi connectivity index (χ3v) is 5.47. The number of rotatable bonds is 9. The molecule has 31 heavy (non-hydrogen) atoms. The molecule has 3 aromatic rings. The van der Waals surface area contributed by atoms with E-state index < -0.39 is 0 Å². The van der Waals surface area contributed by atoms with Gasteiger partial charge in [0.25, 0.3) is 5.56 Å². The van der Waals surface area contributed by atoms with Crippen LogP contribution >= 0.6 is 0 Å². The van der Waals surface area contributed by atoms with Gasteiger partial charge in [-0.2, -0.15) is 0 Å². The normalized spacial score (nSPS) is 16.2. The zero-order chi connectivity index (χ0) is 21.6. The Bertz CT molecular complexity index is 1050. The van der Waals surface area contributed by atoms with E-state index >= 15 is 0 Å². The highest BCUT2D eigenvalue weighted by Gasteiger charge is 2.16. The Morgan fingerprint density at radius 1 is 1.06 bits per heavy atom. The average molecular weight is 423 g/mol. The molecule has 1 fully saturated rings. The van der Waals surface area contributed by atoms with E-state index in [2.05, 4.69) is 19.0 Å². The summed E-state index contributed by atoms with van der Waals surface area (Å²) in [6.45, 7) is 3.03. The van der Waals surface area contributed by atoms with Crippen molar-refractivity contribution in [1.82, 2.24) is 9.47 Å². The maximum Gasteiger partial charge on any atom is 0.262 e. The quantitative estimate of drug-likeness (QED) is 0.490. The first kappa shape index (κ1) is 21.4. The van der Waals surface area contributed by atoms with Crippen LogP contribution in [0.4, 0.5) is 0 Å². The molecule has 1 saturated heterocycles. The molecular weight excluding hydrogens is 392 g/mol. The minimum atomic E-state index is -0.0529. The van der Waals surface area contributed by atoms with Crippen LogP contribution in [0.3, 0.4) is 0 Å². The molecule has 6 nitrogen and oxygen atoms in total. The predicted molar refractivity (Wildman–Crippen MR) is 123 cm³/mol. The second kappa shape index (κ2) is 9.98. The topological polar surface area (TPSA) is 52.9 Å². The van der Waals surface area contributed by atoms with E-state index in [1.54, 1.807) is 4.57 Å². The second-order valence-electron chi connectivity index (χ2n) is 8.19. The van der Waals surface area contributed by atoms with Crippen molar-refractivity contribution < 1.29 is 14.2 Å². The first-order valence-electron chi connectivity index (χ1n) is 10.9. The summed E-state index contributed by atoms with van der Waals surface area (Å²) in [6, 6.07) is 15.2. The van der Waals surface area contributed by atoms with Gasteiger partial charge in [0.1, 0.15) is 18.1 Å². The number of nitrogens with zero attached hydrogens (tertiary/aromatic N) is 2. The maximum absolute atomic E-state index is 13.0. The Labute approximate surface area is 183 Å². The Morgan fingerprint density at radius 2 is 1.87 bits per heavy atom. The van der Waals surface area contributed by atoms with Crippen molar-refractivity contribution in [2.24, 2.45) is 0 Å². The largest absolute Gasteiger partial charge is 0.494 e. The predicted octanol–water partition coefficient (Wildman–Crippen LogP) is 3.88. The van der Waals surface area contributed by atoms with Crippen molar-refractivity contribution in [1.29, 1.82) is 0 Å². The van der Waals surface area contributed by atoms with Gasteiger partial charge in [-0.3, -0.25) is 9.36 Å². The first-order valence-corrected chi connectivity index (χ1v) is 10.9. The van der Waals surface area contributed by atoms with Crippen LogP contribution in [-0.2, 0) is 4.74 Å². The lowest BCUT2D eigenvalue weighted by atomic mass is 10.1. The van der Waals surface area contributed by atoms with E-state index in [1.165, 1.54) is 0 Å². The van der Waals surface area contributed by atoms with Crippen molar-refractivity contribution in [3.8, 4) is 17.2 Å². The van der Waals surface area contributed by atoms with Gasteiger partial charge in [0, 0.05) is 30.4 Å². The molecule has 4 rings (SSSR count). The molecule has 1 aromatic heterocycles. The molecule has 0 radical (unpaired) electrons. The number of benzene rings is 2. The van der Waals surface area contributed by atoms with Crippen LogP contribution in [0.15, 0.2) is 59.5 Å². The Kier molecular flexibility index (Phi) is 6.89. The van der Waals surface area contributed by atoms with Crippen molar-refractivity contribution in [3.63, 3.8) is 0 Å². The van der Waals surface area contributed by atoms with Gasteiger partial charge in [-0.25, -0.2) is 0 Å². The molecule has 0 amide bonds. The van der Waals surface area contributed by atoms with Gasteiger partial charge in [0.15, 0.2) is 0 Å². The van der Waals surface area contributed by atoms with Gasteiger partial charge < -0.3 is 19.1 Å². The number of hydrogen-bond acceptors (Lipinski definition) is 5. The fraction of sp³-hybridized carbons (Fsp3) is 0.400. The van der Waals surface area contributed by atoms with Gasteiger partial charge in [-0.1, -0.05) is 0 Å². The summed E-state index contributed by atoms with van der Waals surface area (Å²) in [6.07, 6.45) is 5.08. The van der Waals surface area contributed by atoms with Gasteiger partial charge in [-0.05, 0) is 87.3 Å². The molecule has 0 bridgehead atoms. The standard InChI is InChI=1S/C25H30N2O4/c1-26(2)13-4-16-29-21-8-6-20(7-9-21)27-14-12-19-17-22(10-11-24(19)25(27)28)31-18-23-5-3-15-30-23/h6-12,14,17,23H,3-5,13,15-16,18H2,1-2H3/t23-/m0/s1. The highest BCUT2D eigenvalue weighted by molar-refractivity contribution is 5.83. The van der Waals surface area contributed by atoms with E-state index in [1.807, 2.05) is 54.7 Å². The van der Waals surface area contributed by atoms with Crippen LogP contribution in [0.25, 0.3) is 16.5 Å². The second-order valence-corrected chi connectivity index (χ2v) is 8.19. The Hall–Kier alpha value is -2.83. The highest BCUT2D eigenvalue weighted by Crippen LogP contribution is 2.22. The Morgan fingerprint density at radius 3 is 2.61 bits per heavy atom. The summed E-state index contributed by atoms with van der Waals surface area (Å²) >= 11 is 0. The van der Waals surface area contributed by atoms with Crippen molar-refractivity contribution in [2.45, 2.75) is 25.4 Å². The summed E-state index contributed by atoms with van der Waals surface area (Å²) in [5, 5.41) is 1.53. The molecule has 2 aromatic carbocycles. The van der Waals surface area contributed by atoms with Crippen LogP contribution in [0.2, 0.25) is 0 Å². The zero-order valence-electron chi connectivity index (χ0n) is 18.3. The number of hydrogen-bond donors (Lipinski definition) is 0. The number of ether oxygens (including phenoxy) is 3. The van der Waals surface area contributed by atoms with Crippen LogP contribution in [0, 0.1) is 0 Å². The van der Waals surface area contributed by atoms with Crippen LogP contribution in [0.5, 0.6) is 11.5 Å². The molecule has 6 heteroatoms. The smallest absolute Gasteiger partial charge is 0.262 e. The van der Waals surface area contributed by atoms with Crippen LogP contribution in [0.1, 0.15) is 19.3 Å². The van der Waals surface area contributed by atoms with Gasteiger partial charge >= 0.3 is 0 Å².